The van der Waals surface area contributed by atoms with Crippen molar-refractivity contribution in [3.05, 3.63) is 51.7 Å². The summed E-state index contributed by atoms with van der Waals surface area (Å²) in [5.41, 5.74) is 0.423. The summed E-state index contributed by atoms with van der Waals surface area (Å²) in [5.74, 6) is -0.610. The van der Waals surface area contributed by atoms with E-state index >= 15 is 0 Å². The molecule has 2 aromatic rings. The summed E-state index contributed by atoms with van der Waals surface area (Å²) in [6, 6.07) is 4.96. The van der Waals surface area contributed by atoms with Crippen LogP contribution < -0.4 is 4.74 Å². The highest BCUT2D eigenvalue weighted by atomic mass is 32.1. The zero-order chi connectivity index (χ0) is 13.1. The molecule has 1 N–H and O–H groups in total. The molecular formula is C13H12F2O2S. The smallest absolute Gasteiger partial charge is 0.129 e. The lowest BCUT2D eigenvalue weighted by atomic mass is 10.1. The second-order valence-electron chi connectivity index (χ2n) is 3.89. The first-order valence-electron chi connectivity index (χ1n) is 5.34. The largest absolute Gasteiger partial charge is 0.496 e. The number of halogens is 2. The van der Waals surface area contributed by atoms with Gasteiger partial charge in [-0.1, -0.05) is 0 Å². The zero-order valence-electron chi connectivity index (χ0n) is 9.69. The van der Waals surface area contributed by atoms with Gasteiger partial charge in [0.25, 0.3) is 0 Å². The van der Waals surface area contributed by atoms with E-state index in [1.807, 2.05) is 0 Å². The summed E-state index contributed by atoms with van der Waals surface area (Å²) < 4.78 is 31.0. The Morgan fingerprint density at radius 2 is 1.89 bits per heavy atom. The SMILES string of the molecule is COc1csc(C(O)Cc2cc(F)cc(F)c2)c1. The Labute approximate surface area is 107 Å². The zero-order valence-corrected chi connectivity index (χ0v) is 10.5. The van der Waals surface area contributed by atoms with Crippen molar-refractivity contribution in [3.63, 3.8) is 0 Å². The maximum atomic E-state index is 13.0. The molecule has 2 nitrogen and oxygen atoms in total. The molecule has 96 valence electrons. The van der Waals surface area contributed by atoms with Gasteiger partial charge in [0, 0.05) is 22.7 Å². The Bertz CT molecular complexity index is 519. The average molecular weight is 270 g/mol. The Hall–Kier alpha value is -1.46. The molecule has 0 saturated carbocycles. The van der Waals surface area contributed by atoms with Gasteiger partial charge in [-0.3, -0.25) is 0 Å². The molecule has 0 fully saturated rings. The minimum absolute atomic E-state index is 0.165. The van der Waals surface area contributed by atoms with Crippen LogP contribution in [0.15, 0.2) is 29.6 Å². The van der Waals surface area contributed by atoms with E-state index in [2.05, 4.69) is 0 Å². The molecule has 1 unspecified atom stereocenters. The molecule has 1 aromatic carbocycles. The maximum Gasteiger partial charge on any atom is 0.129 e. The first-order valence-corrected chi connectivity index (χ1v) is 6.22. The molecule has 0 saturated heterocycles. The molecule has 0 aliphatic heterocycles. The van der Waals surface area contributed by atoms with Gasteiger partial charge < -0.3 is 9.84 Å². The van der Waals surface area contributed by atoms with Crippen LogP contribution >= 0.6 is 11.3 Å². The van der Waals surface area contributed by atoms with Gasteiger partial charge in [-0.2, -0.15) is 0 Å². The standard InChI is InChI=1S/C13H12F2O2S/c1-17-11-6-13(18-7-11)12(16)4-8-2-9(14)5-10(15)3-8/h2-3,5-7,12,16H,4H2,1H3. The Morgan fingerprint density at radius 1 is 1.22 bits per heavy atom. The van der Waals surface area contributed by atoms with E-state index in [1.165, 1.54) is 23.5 Å². The second-order valence-corrected chi connectivity index (χ2v) is 4.83. The van der Waals surface area contributed by atoms with Crippen molar-refractivity contribution in [2.45, 2.75) is 12.5 Å². The molecule has 5 heteroatoms. The lowest BCUT2D eigenvalue weighted by Gasteiger charge is -2.08. The van der Waals surface area contributed by atoms with Gasteiger partial charge in [0.1, 0.15) is 17.4 Å². The van der Waals surface area contributed by atoms with Crippen molar-refractivity contribution >= 4 is 11.3 Å². The summed E-state index contributed by atoms with van der Waals surface area (Å²) in [4.78, 5) is 0.705. The number of ether oxygens (including phenoxy) is 1. The van der Waals surface area contributed by atoms with E-state index < -0.39 is 17.7 Å². The fourth-order valence-corrected chi connectivity index (χ4v) is 2.51. The minimum atomic E-state index is -0.792. The van der Waals surface area contributed by atoms with Crippen molar-refractivity contribution in [2.75, 3.05) is 7.11 Å². The highest BCUT2D eigenvalue weighted by Crippen LogP contribution is 2.29. The summed E-state index contributed by atoms with van der Waals surface area (Å²) in [7, 11) is 1.54. The third-order valence-electron chi connectivity index (χ3n) is 2.51. The monoisotopic (exact) mass is 270 g/mol. The second kappa shape index (κ2) is 5.46. The van der Waals surface area contributed by atoms with E-state index in [0.29, 0.717) is 16.2 Å². The number of thiophene rings is 1. The van der Waals surface area contributed by atoms with E-state index in [0.717, 1.165) is 6.07 Å². The van der Waals surface area contributed by atoms with Crippen molar-refractivity contribution in [2.24, 2.45) is 0 Å². The highest BCUT2D eigenvalue weighted by Gasteiger charge is 2.13. The molecule has 1 heterocycles. The van der Waals surface area contributed by atoms with Gasteiger partial charge in [0.2, 0.25) is 0 Å². The summed E-state index contributed by atoms with van der Waals surface area (Å²) >= 11 is 1.35. The molecule has 0 amide bonds. The molecule has 0 aliphatic carbocycles. The van der Waals surface area contributed by atoms with Crippen LogP contribution in [0.1, 0.15) is 16.5 Å². The maximum absolute atomic E-state index is 13.0. The molecular weight excluding hydrogens is 258 g/mol. The summed E-state index contributed by atoms with van der Waals surface area (Å²) in [6.07, 6.45) is -0.627. The van der Waals surface area contributed by atoms with Crippen molar-refractivity contribution in [1.82, 2.24) is 0 Å². The number of benzene rings is 1. The van der Waals surface area contributed by atoms with Crippen LogP contribution in [0.4, 0.5) is 8.78 Å². The summed E-state index contributed by atoms with van der Waals surface area (Å²) in [6.45, 7) is 0. The number of rotatable bonds is 4. The van der Waals surface area contributed by atoms with Gasteiger partial charge >= 0.3 is 0 Å². The summed E-state index contributed by atoms with van der Waals surface area (Å²) in [5, 5.41) is 11.7. The van der Waals surface area contributed by atoms with Gasteiger partial charge in [-0.15, -0.1) is 11.3 Å². The predicted molar refractivity (Wildman–Crippen MR) is 65.9 cm³/mol. The van der Waals surface area contributed by atoms with Crippen molar-refractivity contribution in [1.29, 1.82) is 0 Å². The number of hydrogen-bond donors (Lipinski definition) is 1. The Kier molecular flexibility index (Phi) is 3.93. The first kappa shape index (κ1) is 13.0. The van der Waals surface area contributed by atoms with Crippen LogP contribution in [0.25, 0.3) is 0 Å². The third-order valence-corrected chi connectivity index (χ3v) is 3.52. The van der Waals surface area contributed by atoms with Crippen LogP contribution in [-0.2, 0) is 6.42 Å². The average Bonchev–Trinajstić information content (AvgIpc) is 2.75. The van der Waals surface area contributed by atoms with Gasteiger partial charge in [0.15, 0.2) is 0 Å². The first-order chi connectivity index (χ1) is 8.58. The molecule has 0 spiro atoms. The van der Waals surface area contributed by atoms with E-state index in [-0.39, 0.29) is 6.42 Å². The van der Waals surface area contributed by atoms with Crippen LogP contribution in [0.2, 0.25) is 0 Å². The van der Waals surface area contributed by atoms with E-state index in [4.69, 9.17) is 4.74 Å². The molecule has 1 atom stereocenters. The number of aliphatic hydroxyl groups excluding tert-OH is 1. The van der Waals surface area contributed by atoms with Crippen LogP contribution in [0.5, 0.6) is 5.75 Å². The molecule has 0 radical (unpaired) electrons. The Morgan fingerprint density at radius 3 is 2.44 bits per heavy atom. The molecule has 0 aliphatic rings. The van der Waals surface area contributed by atoms with Gasteiger partial charge in [-0.05, 0) is 23.8 Å². The molecule has 18 heavy (non-hydrogen) atoms. The van der Waals surface area contributed by atoms with E-state index in [1.54, 1.807) is 18.6 Å². The van der Waals surface area contributed by atoms with Crippen LogP contribution in [-0.4, -0.2) is 12.2 Å². The normalized spacial score (nSPS) is 12.4. The third kappa shape index (κ3) is 3.05. The fourth-order valence-electron chi connectivity index (χ4n) is 1.67. The number of hydrogen-bond acceptors (Lipinski definition) is 3. The minimum Gasteiger partial charge on any atom is -0.496 e. The number of methoxy groups -OCH3 is 1. The number of aliphatic hydroxyl groups is 1. The topological polar surface area (TPSA) is 29.5 Å². The molecule has 2 rings (SSSR count). The lowest BCUT2D eigenvalue weighted by molar-refractivity contribution is 0.182. The molecule has 1 aromatic heterocycles. The van der Waals surface area contributed by atoms with Gasteiger partial charge in [-0.25, -0.2) is 8.78 Å². The molecule has 0 bridgehead atoms. The Balaban J connectivity index is 2.12. The lowest BCUT2D eigenvalue weighted by Crippen LogP contribution is -2.00. The van der Waals surface area contributed by atoms with Crippen molar-refractivity contribution < 1.29 is 18.6 Å². The predicted octanol–water partition coefficient (Wildman–Crippen LogP) is 3.31. The van der Waals surface area contributed by atoms with Crippen LogP contribution in [0, 0.1) is 11.6 Å². The van der Waals surface area contributed by atoms with E-state index in [9.17, 15) is 13.9 Å². The quantitative estimate of drug-likeness (QED) is 0.923. The highest BCUT2D eigenvalue weighted by molar-refractivity contribution is 7.10. The van der Waals surface area contributed by atoms with Gasteiger partial charge in [0.05, 0.1) is 13.2 Å². The van der Waals surface area contributed by atoms with Crippen molar-refractivity contribution in [3.8, 4) is 5.75 Å². The van der Waals surface area contributed by atoms with Crippen LogP contribution in [0.3, 0.4) is 0 Å². The fraction of sp³-hybridized carbons (Fsp3) is 0.231.